The van der Waals surface area contributed by atoms with Gasteiger partial charge < -0.3 is 5.73 Å². The topological polar surface area (TPSA) is 26.0 Å². The second kappa shape index (κ2) is 5.47. The second-order valence-electron chi connectivity index (χ2n) is 4.24. The molecule has 0 aromatic heterocycles. The molecule has 2 N–H and O–H groups in total. The van der Waals surface area contributed by atoms with Crippen LogP contribution < -0.4 is 5.73 Å². The van der Waals surface area contributed by atoms with E-state index in [-0.39, 0.29) is 11.9 Å². The third-order valence-corrected chi connectivity index (χ3v) is 2.65. The first kappa shape index (κ1) is 12.5. The first-order valence-electron chi connectivity index (χ1n) is 5.21. The molecule has 0 saturated carbocycles. The highest BCUT2D eigenvalue weighted by Gasteiger charge is 2.12. The molecule has 1 aromatic rings. The summed E-state index contributed by atoms with van der Waals surface area (Å²) in [6.07, 6.45) is 1.78. The van der Waals surface area contributed by atoms with Crippen LogP contribution in [0.25, 0.3) is 0 Å². The van der Waals surface area contributed by atoms with Gasteiger partial charge in [-0.3, -0.25) is 0 Å². The van der Waals surface area contributed by atoms with Crippen LogP contribution in [0.15, 0.2) is 18.2 Å². The van der Waals surface area contributed by atoms with Crippen LogP contribution in [0.4, 0.5) is 4.39 Å². The summed E-state index contributed by atoms with van der Waals surface area (Å²) in [5, 5.41) is 0.534. The summed E-state index contributed by atoms with van der Waals surface area (Å²) in [4.78, 5) is 0. The van der Waals surface area contributed by atoms with Crippen molar-refractivity contribution in [1.82, 2.24) is 0 Å². The minimum atomic E-state index is -0.268. The molecule has 0 radical (unpaired) electrons. The molecule has 1 atom stereocenters. The van der Waals surface area contributed by atoms with Crippen LogP contribution in [-0.2, 0) is 0 Å². The Labute approximate surface area is 95.4 Å². The monoisotopic (exact) mass is 229 g/mol. The van der Waals surface area contributed by atoms with Gasteiger partial charge in [0.1, 0.15) is 5.82 Å². The number of rotatable bonds is 4. The molecule has 0 saturated heterocycles. The summed E-state index contributed by atoms with van der Waals surface area (Å²) in [6.45, 7) is 4.25. The van der Waals surface area contributed by atoms with Crippen LogP contribution in [0.3, 0.4) is 0 Å². The molecule has 0 aliphatic heterocycles. The molecule has 0 heterocycles. The second-order valence-corrected chi connectivity index (χ2v) is 4.68. The maximum Gasteiger partial charge on any atom is 0.128 e. The fraction of sp³-hybridized carbons (Fsp3) is 0.500. The molecule has 0 aliphatic carbocycles. The number of hydrogen-bond donors (Lipinski definition) is 1. The zero-order chi connectivity index (χ0) is 11.4. The van der Waals surface area contributed by atoms with Gasteiger partial charge in [0.2, 0.25) is 0 Å². The van der Waals surface area contributed by atoms with Crippen LogP contribution in [0, 0.1) is 11.7 Å². The average molecular weight is 230 g/mol. The highest BCUT2D eigenvalue weighted by atomic mass is 35.5. The molecule has 0 unspecified atom stereocenters. The minimum absolute atomic E-state index is 0.258. The van der Waals surface area contributed by atoms with Crippen LogP contribution in [0.5, 0.6) is 0 Å². The number of benzene rings is 1. The maximum absolute atomic E-state index is 13.4. The van der Waals surface area contributed by atoms with Crippen LogP contribution >= 0.6 is 11.6 Å². The van der Waals surface area contributed by atoms with Crippen molar-refractivity contribution in [2.24, 2.45) is 11.7 Å². The van der Waals surface area contributed by atoms with Crippen molar-refractivity contribution in [3.8, 4) is 0 Å². The summed E-state index contributed by atoms with van der Waals surface area (Å²) in [7, 11) is 0. The molecule has 1 aromatic carbocycles. The van der Waals surface area contributed by atoms with E-state index in [0.29, 0.717) is 16.5 Å². The molecular formula is C12H17ClFN. The normalized spacial score (nSPS) is 13.2. The van der Waals surface area contributed by atoms with Crippen molar-refractivity contribution < 1.29 is 4.39 Å². The molecule has 0 fully saturated rings. The Morgan fingerprint density at radius 2 is 2.00 bits per heavy atom. The highest BCUT2D eigenvalue weighted by molar-refractivity contribution is 6.30. The van der Waals surface area contributed by atoms with Gasteiger partial charge in [0, 0.05) is 16.6 Å². The predicted octanol–water partition coefficient (Wildman–Crippen LogP) is 3.92. The van der Waals surface area contributed by atoms with Crippen molar-refractivity contribution in [2.45, 2.75) is 32.7 Å². The smallest absolute Gasteiger partial charge is 0.128 e. The Hall–Kier alpha value is -0.600. The summed E-state index contributed by atoms with van der Waals surface area (Å²) >= 11 is 5.80. The van der Waals surface area contributed by atoms with Gasteiger partial charge in [-0.2, -0.15) is 0 Å². The van der Waals surface area contributed by atoms with Crippen molar-refractivity contribution in [3.05, 3.63) is 34.6 Å². The van der Waals surface area contributed by atoms with Gasteiger partial charge in [-0.05, 0) is 37.0 Å². The zero-order valence-electron chi connectivity index (χ0n) is 9.13. The van der Waals surface area contributed by atoms with Gasteiger partial charge in [0.25, 0.3) is 0 Å². The molecule has 84 valence electrons. The van der Waals surface area contributed by atoms with Gasteiger partial charge in [-0.15, -0.1) is 0 Å². The van der Waals surface area contributed by atoms with E-state index in [9.17, 15) is 4.39 Å². The lowest BCUT2D eigenvalue weighted by Crippen LogP contribution is -2.13. The fourth-order valence-electron chi connectivity index (χ4n) is 1.47. The average Bonchev–Trinajstić information content (AvgIpc) is 2.18. The summed E-state index contributed by atoms with van der Waals surface area (Å²) in [5.41, 5.74) is 6.43. The van der Waals surface area contributed by atoms with Gasteiger partial charge in [-0.25, -0.2) is 4.39 Å². The lowest BCUT2D eigenvalue weighted by molar-refractivity contribution is 0.491. The Bertz CT molecular complexity index is 325. The van der Waals surface area contributed by atoms with E-state index in [1.165, 1.54) is 12.1 Å². The molecule has 1 nitrogen and oxygen atoms in total. The lowest BCUT2D eigenvalue weighted by atomic mass is 9.98. The Kier molecular flexibility index (Phi) is 4.55. The van der Waals surface area contributed by atoms with Gasteiger partial charge >= 0.3 is 0 Å². The van der Waals surface area contributed by atoms with Crippen molar-refractivity contribution in [1.29, 1.82) is 0 Å². The third-order valence-electron chi connectivity index (χ3n) is 2.41. The third kappa shape index (κ3) is 3.80. The molecule has 0 aliphatic rings. The predicted molar refractivity (Wildman–Crippen MR) is 62.4 cm³/mol. The minimum Gasteiger partial charge on any atom is -0.324 e. The van der Waals surface area contributed by atoms with Crippen LogP contribution in [-0.4, -0.2) is 0 Å². The largest absolute Gasteiger partial charge is 0.324 e. The van der Waals surface area contributed by atoms with Crippen molar-refractivity contribution in [3.63, 3.8) is 0 Å². The molecule has 0 bridgehead atoms. The maximum atomic E-state index is 13.4. The molecule has 3 heteroatoms. The quantitative estimate of drug-likeness (QED) is 0.832. The van der Waals surface area contributed by atoms with E-state index >= 15 is 0 Å². The molecular weight excluding hydrogens is 213 g/mol. The summed E-state index contributed by atoms with van der Waals surface area (Å²) < 4.78 is 13.4. The van der Waals surface area contributed by atoms with E-state index in [1.54, 1.807) is 6.07 Å². The number of hydrogen-bond acceptors (Lipinski definition) is 1. The van der Waals surface area contributed by atoms with E-state index in [4.69, 9.17) is 17.3 Å². The summed E-state index contributed by atoms with van der Waals surface area (Å²) in [5.74, 6) is 0.314. The van der Waals surface area contributed by atoms with Crippen molar-refractivity contribution in [2.75, 3.05) is 0 Å². The van der Waals surface area contributed by atoms with E-state index in [2.05, 4.69) is 13.8 Å². The molecule has 15 heavy (non-hydrogen) atoms. The van der Waals surface area contributed by atoms with E-state index in [0.717, 1.165) is 12.8 Å². The first-order chi connectivity index (χ1) is 7.00. The number of nitrogens with two attached hydrogens (primary N) is 1. The van der Waals surface area contributed by atoms with Crippen LogP contribution in [0.1, 0.15) is 38.3 Å². The van der Waals surface area contributed by atoms with Gasteiger partial charge in [0.15, 0.2) is 0 Å². The molecule has 0 spiro atoms. The summed E-state index contributed by atoms with van der Waals surface area (Å²) in [6, 6.07) is 4.26. The Morgan fingerprint density at radius 1 is 1.33 bits per heavy atom. The molecule has 0 amide bonds. The van der Waals surface area contributed by atoms with Gasteiger partial charge in [0.05, 0.1) is 0 Å². The Morgan fingerprint density at radius 3 is 2.60 bits per heavy atom. The molecule has 1 rings (SSSR count). The van der Waals surface area contributed by atoms with E-state index < -0.39 is 0 Å². The van der Waals surface area contributed by atoms with Crippen molar-refractivity contribution >= 4 is 11.6 Å². The van der Waals surface area contributed by atoms with Crippen LogP contribution in [0.2, 0.25) is 5.02 Å². The first-order valence-corrected chi connectivity index (χ1v) is 5.59. The SMILES string of the molecule is CC(C)CC[C@@H](N)c1cc(Cl)ccc1F. The van der Waals surface area contributed by atoms with Gasteiger partial charge in [-0.1, -0.05) is 25.4 Å². The lowest BCUT2D eigenvalue weighted by Gasteiger charge is -2.14. The standard InChI is InChI=1S/C12H17ClFN/c1-8(2)3-6-12(15)10-7-9(13)4-5-11(10)14/h4-5,7-8,12H,3,6,15H2,1-2H3/t12-/m1/s1. The zero-order valence-corrected chi connectivity index (χ0v) is 9.89. The number of halogens is 2. The Balaban J connectivity index is 2.72. The fourth-order valence-corrected chi connectivity index (χ4v) is 1.65. The highest BCUT2D eigenvalue weighted by Crippen LogP contribution is 2.24. The van der Waals surface area contributed by atoms with E-state index in [1.807, 2.05) is 0 Å².